The van der Waals surface area contributed by atoms with E-state index in [2.05, 4.69) is 49.7 Å². The van der Waals surface area contributed by atoms with Crippen LogP contribution in [0.15, 0.2) is 30.1 Å². The van der Waals surface area contributed by atoms with E-state index in [1.807, 2.05) is 0 Å². The molecule has 0 spiro atoms. The van der Waals surface area contributed by atoms with Gasteiger partial charge in [0.05, 0.1) is 25.9 Å². The molecule has 1 atom stereocenters. The summed E-state index contributed by atoms with van der Waals surface area (Å²) in [7, 11) is -0.871. The van der Waals surface area contributed by atoms with E-state index in [1.165, 1.54) is 11.7 Å². The first-order valence-corrected chi connectivity index (χ1v) is 6.89. The Morgan fingerprint density at radius 2 is 2.00 bits per heavy atom. The summed E-state index contributed by atoms with van der Waals surface area (Å²) in [5, 5.41) is 1.59. The minimum absolute atomic E-state index is 0.871. The Bertz CT molecular complexity index is 328. The first-order valence-electron chi connectivity index (χ1n) is 4.40. The van der Waals surface area contributed by atoms with Crippen LogP contribution in [0.25, 0.3) is 6.08 Å². The van der Waals surface area contributed by atoms with E-state index >= 15 is 0 Å². The number of hydrogen-bond donors (Lipinski definition) is 0. The fourth-order valence-corrected chi connectivity index (χ4v) is 4.06. The Balaban J connectivity index is 2.56. The van der Waals surface area contributed by atoms with Crippen LogP contribution in [0.3, 0.4) is 0 Å². The van der Waals surface area contributed by atoms with Gasteiger partial charge in [0, 0.05) is 5.56 Å². The van der Waals surface area contributed by atoms with Crippen molar-refractivity contribution in [3.8, 4) is 0 Å². The minimum Gasteiger partial charge on any atom is -0.0614 e. The highest BCUT2D eigenvalue weighted by Gasteiger charge is 2.35. The molecule has 2 rings (SSSR count). The summed E-state index contributed by atoms with van der Waals surface area (Å²) in [5.41, 5.74) is 1.44. The molecule has 1 aliphatic rings. The second-order valence-electron chi connectivity index (χ2n) is 3.46. The molecule has 0 amide bonds. The zero-order valence-electron chi connectivity index (χ0n) is 7.62. The van der Waals surface area contributed by atoms with Crippen LogP contribution in [-0.2, 0) is 0 Å². The fraction of sp³-hybridized carbons (Fsp3) is 0.273. The van der Waals surface area contributed by atoms with Crippen molar-refractivity contribution < 1.29 is 0 Å². The van der Waals surface area contributed by atoms with Gasteiger partial charge in [-0.15, -0.1) is 0 Å². The van der Waals surface area contributed by atoms with E-state index in [0.717, 1.165) is 0 Å². The van der Waals surface area contributed by atoms with Gasteiger partial charge in [-0.25, -0.2) is 0 Å². The van der Waals surface area contributed by atoms with Gasteiger partial charge in [0.25, 0.3) is 0 Å². The van der Waals surface area contributed by atoms with E-state index < -0.39 is 7.26 Å². The molecule has 1 aromatic carbocycles. The molecule has 1 heteroatoms. The van der Waals surface area contributed by atoms with E-state index in [1.54, 1.807) is 5.30 Å². The van der Waals surface area contributed by atoms with Crippen LogP contribution in [0.5, 0.6) is 0 Å². The summed E-state index contributed by atoms with van der Waals surface area (Å²) in [4.78, 5) is 0. The number of hydrogen-bond acceptors (Lipinski definition) is 0. The lowest BCUT2D eigenvalue weighted by atomic mass is 10.2. The van der Waals surface area contributed by atoms with E-state index in [0.29, 0.717) is 0 Å². The zero-order chi connectivity index (χ0) is 8.60. The monoisotopic (exact) mass is 177 g/mol. The first-order chi connectivity index (χ1) is 5.76. The lowest BCUT2D eigenvalue weighted by molar-refractivity contribution is 1.49. The van der Waals surface area contributed by atoms with Crippen LogP contribution in [0.4, 0.5) is 0 Å². The Morgan fingerprint density at radius 1 is 1.25 bits per heavy atom. The van der Waals surface area contributed by atoms with Gasteiger partial charge in [0.15, 0.2) is 0 Å². The third kappa shape index (κ3) is 1.03. The van der Waals surface area contributed by atoms with Crippen molar-refractivity contribution in [2.45, 2.75) is 6.92 Å². The molecule has 12 heavy (non-hydrogen) atoms. The lowest BCUT2D eigenvalue weighted by Crippen LogP contribution is -2.08. The summed E-state index contributed by atoms with van der Waals surface area (Å²) in [6, 6.07) is 8.77. The van der Waals surface area contributed by atoms with E-state index in [-0.39, 0.29) is 0 Å². The Kier molecular flexibility index (Phi) is 1.81. The molecule has 0 fully saturated rings. The summed E-state index contributed by atoms with van der Waals surface area (Å²) >= 11 is 0. The maximum absolute atomic E-state index is 2.43. The van der Waals surface area contributed by atoms with Gasteiger partial charge < -0.3 is 0 Å². The molecule has 0 saturated carbocycles. The molecule has 1 aromatic rings. The minimum atomic E-state index is -0.871. The average molecular weight is 177 g/mol. The largest absolute Gasteiger partial charge is 0.105 e. The predicted octanol–water partition coefficient (Wildman–Crippen LogP) is 2.96. The molecule has 1 unspecified atom stereocenters. The number of fused-ring (bicyclic) bond motifs is 1. The molecule has 0 saturated heterocycles. The average Bonchev–Trinajstić information content (AvgIpc) is 2.46. The summed E-state index contributed by atoms with van der Waals surface area (Å²) in [5.74, 6) is 2.43. The van der Waals surface area contributed by atoms with Crippen LogP contribution in [-0.4, -0.2) is 12.8 Å². The van der Waals surface area contributed by atoms with Gasteiger partial charge in [-0.3, -0.25) is 0 Å². The molecular formula is C11H14P+. The van der Waals surface area contributed by atoms with Crippen LogP contribution in [0.2, 0.25) is 0 Å². The van der Waals surface area contributed by atoms with Crippen molar-refractivity contribution in [2.75, 3.05) is 12.8 Å². The van der Waals surface area contributed by atoms with Gasteiger partial charge in [-0.05, 0) is 19.1 Å². The topological polar surface area (TPSA) is 0 Å². The molecule has 0 bridgehead atoms. The van der Waals surface area contributed by atoms with Crippen molar-refractivity contribution in [3.63, 3.8) is 0 Å². The van der Waals surface area contributed by atoms with Gasteiger partial charge in [-0.2, -0.15) is 0 Å². The highest BCUT2D eigenvalue weighted by Crippen LogP contribution is 2.59. The van der Waals surface area contributed by atoms with Crippen LogP contribution in [0.1, 0.15) is 12.5 Å². The van der Waals surface area contributed by atoms with Crippen molar-refractivity contribution in [2.24, 2.45) is 0 Å². The molecule has 1 aliphatic heterocycles. The van der Waals surface area contributed by atoms with Crippen molar-refractivity contribution in [1.82, 2.24) is 0 Å². The van der Waals surface area contributed by atoms with Crippen LogP contribution in [0, 0.1) is 0 Å². The summed E-state index contributed by atoms with van der Waals surface area (Å²) in [6.07, 6.45) is 3.58. The second kappa shape index (κ2) is 2.71. The molecule has 0 radical (unpaired) electrons. The van der Waals surface area contributed by atoms with Crippen molar-refractivity contribution >= 4 is 18.6 Å². The molecule has 0 N–H and O–H groups in total. The van der Waals surface area contributed by atoms with Gasteiger partial charge >= 0.3 is 0 Å². The van der Waals surface area contributed by atoms with E-state index in [9.17, 15) is 0 Å². The van der Waals surface area contributed by atoms with E-state index in [4.69, 9.17) is 0 Å². The third-order valence-electron chi connectivity index (χ3n) is 2.73. The molecule has 62 valence electrons. The van der Waals surface area contributed by atoms with Gasteiger partial charge in [0.2, 0.25) is 0 Å². The number of rotatable bonds is 1. The predicted molar refractivity (Wildman–Crippen MR) is 58.5 cm³/mol. The Labute approximate surface area is 74.6 Å². The quantitative estimate of drug-likeness (QED) is 0.578. The second-order valence-corrected chi connectivity index (χ2v) is 7.41. The standard InChI is InChI=1S/C11H14P/c1-3-12(2)9-8-10-6-4-5-7-11(10)12/h4-9H,3H2,1-2H3/q+1. The fourth-order valence-electron chi connectivity index (χ4n) is 1.69. The molecule has 1 heterocycles. The zero-order valence-corrected chi connectivity index (χ0v) is 8.51. The SMILES string of the molecule is CC[P+]1(C)C=Cc2ccccc21. The summed E-state index contributed by atoms with van der Waals surface area (Å²) < 4.78 is 0. The van der Waals surface area contributed by atoms with Crippen LogP contribution >= 0.6 is 7.26 Å². The summed E-state index contributed by atoms with van der Waals surface area (Å²) in [6.45, 7) is 4.70. The lowest BCUT2D eigenvalue weighted by Gasteiger charge is -2.13. The number of benzene rings is 1. The normalized spacial score (nSPS) is 25.8. The molecule has 0 aliphatic carbocycles. The highest BCUT2D eigenvalue weighted by molar-refractivity contribution is 7.85. The smallest absolute Gasteiger partial charge is 0.0614 e. The van der Waals surface area contributed by atoms with Gasteiger partial charge in [-0.1, -0.05) is 18.2 Å². The van der Waals surface area contributed by atoms with Crippen molar-refractivity contribution in [3.05, 3.63) is 35.6 Å². The molecule has 0 nitrogen and oxygen atoms in total. The highest BCUT2D eigenvalue weighted by atomic mass is 31.2. The van der Waals surface area contributed by atoms with Crippen molar-refractivity contribution in [1.29, 1.82) is 0 Å². The maximum Gasteiger partial charge on any atom is 0.105 e. The first kappa shape index (κ1) is 8.01. The maximum atomic E-state index is 2.43. The van der Waals surface area contributed by atoms with Crippen LogP contribution < -0.4 is 5.30 Å². The third-order valence-corrected chi connectivity index (χ3v) is 6.36. The molecule has 0 aromatic heterocycles. The molecular weight excluding hydrogens is 163 g/mol. The van der Waals surface area contributed by atoms with Gasteiger partial charge in [0.1, 0.15) is 5.30 Å². The Hall–Kier alpha value is -0.610. The Morgan fingerprint density at radius 3 is 2.75 bits per heavy atom.